The molecular weight excluding hydrogens is 462 g/mol. The lowest BCUT2D eigenvalue weighted by Gasteiger charge is -2.31. The first-order valence-electron chi connectivity index (χ1n) is 9.76. The average molecular weight is 483 g/mol. The number of hydrogen-bond acceptors (Lipinski definition) is 6. The minimum atomic E-state index is -3.01. The topological polar surface area (TPSA) is 78.3 Å². The van der Waals surface area contributed by atoms with E-state index >= 15 is 0 Å². The van der Waals surface area contributed by atoms with E-state index in [0.29, 0.717) is 21.7 Å². The molecule has 1 fully saturated rings. The fourth-order valence-corrected chi connectivity index (χ4v) is 4.36. The summed E-state index contributed by atoms with van der Waals surface area (Å²) in [6.07, 6.45) is 6.00. The molecule has 1 N–H and O–H groups in total. The number of halogens is 3. The van der Waals surface area contributed by atoms with Gasteiger partial charge in [-0.3, -0.25) is 0 Å². The van der Waals surface area contributed by atoms with Gasteiger partial charge in [0.2, 0.25) is 5.95 Å². The number of esters is 1. The highest BCUT2D eigenvalue weighted by atomic mass is 79.9. The highest BCUT2D eigenvalue weighted by Gasteiger charge is 2.37. The monoisotopic (exact) mass is 482 g/mol. The van der Waals surface area contributed by atoms with Crippen LogP contribution in [0, 0.1) is 0 Å². The van der Waals surface area contributed by atoms with Crippen molar-refractivity contribution in [2.75, 3.05) is 5.32 Å². The van der Waals surface area contributed by atoms with Gasteiger partial charge in [0.1, 0.15) is 24.2 Å². The first kappa shape index (κ1) is 20.8. The first-order chi connectivity index (χ1) is 14.4. The van der Waals surface area contributed by atoms with E-state index in [1.54, 1.807) is 19.1 Å². The minimum absolute atomic E-state index is 0.0442. The summed E-state index contributed by atoms with van der Waals surface area (Å²) >= 11 is 3.38. The van der Waals surface area contributed by atoms with Crippen LogP contribution in [0.5, 0.6) is 5.75 Å². The van der Waals surface area contributed by atoms with Crippen molar-refractivity contribution in [1.29, 1.82) is 0 Å². The Kier molecular flexibility index (Phi) is 6.03. The number of carbonyl (C=O) groups is 1. The number of ether oxygens (including phenoxy) is 2. The summed E-state index contributed by atoms with van der Waals surface area (Å²) in [7, 11) is 0. The van der Waals surface area contributed by atoms with Crippen LogP contribution in [0.1, 0.15) is 50.6 Å². The summed E-state index contributed by atoms with van der Waals surface area (Å²) in [5.41, 5.74) is 1.17. The van der Waals surface area contributed by atoms with Gasteiger partial charge in [0, 0.05) is 15.7 Å². The zero-order valence-corrected chi connectivity index (χ0v) is 17.9. The van der Waals surface area contributed by atoms with Crippen LogP contribution in [-0.4, -0.2) is 33.4 Å². The zero-order chi connectivity index (χ0) is 21.3. The van der Waals surface area contributed by atoms with Crippen LogP contribution in [0.15, 0.2) is 40.3 Å². The van der Waals surface area contributed by atoms with Crippen LogP contribution in [-0.2, 0) is 9.53 Å². The molecule has 0 saturated heterocycles. The van der Waals surface area contributed by atoms with Gasteiger partial charge in [0.05, 0.1) is 5.57 Å². The molecule has 1 saturated carbocycles. The second-order valence-corrected chi connectivity index (χ2v) is 8.24. The van der Waals surface area contributed by atoms with E-state index in [-0.39, 0.29) is 17.4 Å². The maximum absolute atomic E-state index is 13.2. The fraction of sp³-hybridized carbons (Fsp3) is 0.450. The largest absolute Gasteiger partial charge is 0.459 e. The van der Waals surface area contributed by atoms with E-state index in [0.717, 1.165) is 32.1 Å². The van der Waals surface area contributed by atoms with Crippen LogP contribution in [0.2, 0.25) is 0 Å². The molecule has 2 aromatic rings. The highest BCUT2D eigenvalue weighted by Crippen LogP contribution is 2.41. The van der Waals surface area contributed by atoms with Gasteiger partial charge >= 0.3 is 12.6 Å². The van der Waals surface area contributed by atoms with Crippen LogP contribution in [0.3, 0.4) is 0 Å². The molecule has 2 aliphatic rings. The molecular formula is C20H21BrF2N4O3. The molecule has 0 spiro atoms. The van der Waals surface area contributed by atoms with Gasteiger partial charge in [-0.15, -0.1) is 0 Å². The SMILES string of the molecule is CC1=C(C(=O)OC2CCCCC2)C(c2cc(Br)ccc2OC(F)F)n2ncnc2N1. The molecule has 0 amide bonds. The van der Waals surface area contributed by atoms with Gasteiger partial charge in [-0.05, 0) is 50.8 Å². The number of allylic oxidation sites excluding steroid dienone is 1. The van der Waals surface area contributed by atoms with Crippen LogP contribution < -0.4 is 10.1 Å². The summed E-state index contributed by atoms with van der Waals surface area (Å²) in [5.74, 6) is -0.145. The maximum atomic E-state index is 13.2. The third kappa shape index (κ3) is 4.19. The molecule has 160 valence electrons. The number of nitrogens with one attached hydrogen (secondary N) is 1. The molecule has 1 aromatic carbocycles. The molecule has 1 atom stereocenters. The number of rotatable bonds is 5. The Hall–Kier alpha value is -2.49. The molecule has 0 bridgehead atoms. The Morgan fingerprint density at radius 3 is 2.80 bits per heavy atom. The lowest BCUT2D eigenvalue weighted by molar-refractivity contribution is -0.146. The standard InChI is InChI=1S/C20H21BrF2N4O3/c1-11-16(18(28)29-13-5-3-2-4-6-13)17(27-20(26-11)24-10-25-27)14-9-12(21)7-8-15(14)30-19(22)23/h7-10,13,17,19H,2-6H2,1H3,(H,24,25,26). The van der Waals surface area contributed by atoms with Gasteiger partial charge in [0.25, 0.3) is 0 Å². The molecule has 1 aliphatic carbocycles. The third-order valence-corrected chi connectivity index (χ3v) is 5.82. The number of benzene rings is 1. The van der Waals surface area contributed by atoms with Crippen LogP contribution >= 0.6 is 15.9 Å². The number of anilines is 1. The Balaban J connectivity index is 1.77. The Labute approximate surface area is 180 Å². The minimum Gasteiger partial charge on any atom is -0.459 e. The van der Waals surface area contributed by atoms with E-state index in [9.17, 15) is 13.6 Å². The molecule has 4 rings (SSSR count). The Morgan fingerprint density at radius 1 is 1.30 bits per heavy atom. The predicted molar refractivity (Wildman–Crippen MR) is 108 cm³/mol. The Morgan fingerprint density at radius 2 is 2.07 bits per heavy atom. The second-order valence-electron chi connectivity index (χ2n) is 7.32. The first-order valence-corrected chi connectivity index (χ1v) is 10.6. The molecule has 2 heterocycles. The molecule has 0 radical (unpaired) electrons. The van der Waals surface area contributed by atoms with Gasteiger partial charge in [-0.2, -0.15) is 18.9 Å². The molecule has 10 heteroatoms. The quantitative estimate of drug-likeness (QED) is 0.616. The smallest absolute Gasteiger partial charge is 0.387 e. The summed E-state index contributed by atoms with van der Waals surface area (Å²) in [6, 6.07) is 3.84. The van der Waals surface area contributed by atoms with Crippen molar-refractivity contribution in [2.24, 2.45) is 0 Å². The van der Waals surface area contributed by atoms with Crippen molar-refractivity contribution in [3.05, 3.63) is 45.8 Å². The third-order valence-electron chi connectivity index (χ3n) is 5.32. The second kappa shape index (κ2) is 8.71. The van der Waals surface area contributed by atoms with Crippen molar-refractivity contribution < 1.29 is 23.0 Å². The van der Waals surface area contributed by atoms with E-state index < -0.39 is 18.6 Å². The van der Waals surface area contributed by atoms with Crippen molar-refractivity contribution >= 4 is 27.8 Å². The number of hydrogen-bond donors (Lipinski definition) is 1. The van der Waals surface area contributed by atoms with Gasteiger partial charge < -0.3 is 14.8 Å². The van der Waals surface area contributed by atoms with Crippen molar-refractivity contribution in [3.8, 4) is 5.75 Å². The van der Waals surface area contributed by atoms with Crippen molar-refractivity contribution in [3.63, 3.8) is 0 Å². The highest BCUT2D eigenvalue weighted by molar-refractivity contribution is 9.10. The maximum Gasteiger partial charge on any atom is 0.387 e. The normalized spacial score (nSPS) is 19.4. The van der Waals surface area contributed by atoms with Gasteiger partial charge in [-0.25, -0.2) is 9.48 Å². The van der Waals surface area contributed by atoms with Gasteiger partial charge in [-0.1, -0.05) is 22.4 Å². The zero-order valence-electron chi connectivity index (χ0n) is 16.3. The lowest BCUT2D eigenvalue weighted by Crippen LogP contribution is -2.32. The van der Waals surface area contributed by atoms with E-state index in [4.69, 9.17) is 9.47 Å². The fourth-order valence-electron chi connectivity index (χ4n) is 3.98. The van der Waals surface area contributed by atoms with E-state index in [2.05, 4.69) is 31.3 Å². The number of fused-ring (bicyclic) bond motifs is 1. The Bertz CT molecular complexity index is 973. The van der Waals surface area contributed by atoms with Crippen molar-refractivity contribution in [1.82, 2.24) is 14.8 Å². The number of alkyl halides is 2. The lowest BCUT2D eigenvalue weighted by atomic mass is 9.94. The molecule has 7 nitrogen and oxygen atoms in total. The van der Waals surface area contributed by atoms with Gasteiger partial charge in [0.15, 0.2) is 0 Å². The number of carbonyl (C=O) groups excluding carboxylic acids is 1. The summed E-state index contributed by atoms with van der Waals surface area (Å²) in [6.45, 7) is -1.28. The average Bonchev–Trinajstić information content (AvgIpc) is 3.16. The van der Waals surface area contributed by atoms with Crippen molar-refractivity contribution in [2.45, 2.75) is 57.8 Å². The summed E-state index contributed by atoms with van der Waals surface area (Å²) < 4.78 is 38.8. The predicted octanol–water partition coefficient (Wildman–Crippen LogP) is 4.81. The summed E-state index contributed by atoms with van der Waals surface area (Å²) in [4.78, 5) is 17.4. The molecule has 30 heavy (non-hydrogen) atoms. The van der Waals surface area contributed by atoms with E-state index in [1.165, 1.54) is 17.1 Å². The molecule has 1 aromatic heterocycles. The van der Waals surface area contributed by atoms with Crippen LogP contribution in [0.4, 0.5) is 14.7 Å². The molecule has 1 aliphatic heterocycles. The summed E-state index contributed by atoms with van der Waals surface area (Å²) in [5, 5.41) is 7.27. The molecule has 1 unspecified atom stereocenters. The van der Waals surface area contributed by atoms with Crippen LogP contribution in [0.25, 0.3) is 0 Å². The number of aromatic nitrogens is 3. The number of nitrogens with zero attached hydrogens (tertiary/aromatic N) is 3. The van der Waals surface area contributed by atoms with E-state index in [1.807, 2.05) is 0 Å².